The van der Waals surface area contributed by atoms with E-state index < -0.39 is 17.7 Å². The molecule has 1 saturated heterocycles. The van der Waals surface area contributed by atoms with Gasteiger partial charge in [0.2, 0.25) is 0 Å². The molecule has 4 aromatic rings. The van der Waals surface area contributed by atoms with Crippen molar-refractivity contribution in [3.8, 4) is 5.75 Å². The molecule has 10 heteroatoms. The standard InChI is InChI=1S/C31H32N4O5S/c1-5-6-7-10-17-40-22-14-12-21(13-15-22)26-24(27(37)25-18(2)32-23-11-8-9-16-34(23)25)28(38)30(39)35(26)31-33-19(3)29(41-31)20(4)36/h8-9,11-16,26,37H,5-7,10,17H2,1-4H3/b27-24+. The summed E-state index contributed by atoms with van der Waals surface area (Å²) in [6.45, 7) is 7.62. The molecule has 41 heavy (non-hydrogen) atoms. The molecule has 0 bridgehead atoms. The van der Waals surface area contributed by atoms with Gasteiger partial charge >= 0.3 is 5.91 Å². The number of aromatic nitrogens is 3. The Balaban J connectivity index is 1.62. The van der Waals surface area contributed by atoms with Crippen molar-refractivity contribution < 1.29 is 24.2 Å². The Morgan fingerprint density at radius 3 is 2.46 bits per heavy atom. The van der Waals surface area contributed by atoms with Crippen LogP contribution < -0.4 is 9.64 Å². The minimum Gasteiger partial charge on any atom is -0.505 e. The minimum absolute atomic E-state index is 0.0748. The van der Waals surface area contributed by atoms with Crippen molar-refractivity contribution in [1.82, 2.24) is 14.4 Å². The zero-order valence-electron chi connectivity index (χ0n) is 23.5. The number of thiazole rings is 1. The van der Waals surface area contributed by atoms with E-state index in [0.29, 0.717) is 45.5 Å². The van der Waals surface area contributed by atoms with Crippen molar-refractivity contribution in [2.45, 2.75) is 59.4 Å². The van der Waals surface area contributed by atoms with Gasteiger partial charge in [0.25, 0.3) is 5.78 Å². The molecule has 212 valence electrons. The first-order valence-electron chi connectivity index (χ1n) is 13.7. The van der Waals surface area contributed by atoms with Crippen LogP contribution in [0.2, 0.25) is 0 Å². The fraction of sp³-hybridized carbons (Fsp3) is 0.323. The normalized spacial score (nSPS) is 16.6. The van der Waals surface area contributed by atoms with Crippen LogP contribution in [0.4, 0.5) is 5.13 Å². The number of hydrogen-bond acceptors (Lipinski definition) is 8. The van der Waals surface area contributed by atoms with Crippen LogP contribution in [0.5, 0.6) is 5.75 Å². The Morgan fingerprint density at radius 1 is 1.02 bits per heavy atom. The minimum atomic E-state index is -0.979. The number of fused-ring (bicyclic) bond motifs is 1. The fourth-order valence-electron chi connectivity index (χ4n) is 5.15. The van der Waals surface area contributed by atoms with Gasteiger partial charge in [-0.3, -0.25) is 23.7 Å². The third-order valence-corrected chi connectivity index (χ3v) is 8.40. The number of ether oxygens (including phenoxy) is 1. The number of Topliss-reactive ketones (excluding diaryl/α,β-unsaturated/α-hetero) is 2. The molecule has 1 aromatic carbocycles. The maximum atomic E-state index is 13.6. The third kappa shape index (κ3) is 5.27. The number of pyridine rings is 1. The van der Waals surface area contributed by atoms with E-state index in [1.807, 2.05) is 6.07 Å². The molecule has 1 atom stereocenters. The van der Waals surface area contributed by atoms with Crippen LogP contribution in [0, 0.1) is 13.8 Å². The fourth-order valence-corrected chi connectivity index (χ4v) is 6.14. The van der Waals surface area contributed by atoms with Gasteiger partial charge in [0.1, 0.15) is 17.1 Å². The summed E-state index contributed by atoms with van der Waals surface area (Å²) in [5.74, 6) is -1.51. The monoisotopic (exact) mass is 572 g/mol. The van der Waals surface area contributed by atoms with E-state index in [0.717, 1.165) is 37.0 Å². The van der Waals surface area contributed by atoms with Gasteiger partial charge in [0.05, 0.1) is 34.5 Å². The van der Waals surface area contributed by atoms with Crippen molar-refractivity contribution in [2.75, 3.05) is 11.5 Å². The molecule has 1 fully saturated rings. The van der Waals surface area contributed by atoms with Gasteiger partial charge in [0.15, 0.2) is 16.7 Å². The van der Waals surface area contributed by atoms with E-state index in [4.69, 9.17) is 4.74 Å². The molecule has 0 saturated carbocycles. The molecule has 1 unspecified atom stereocenters. The second-order valence-electron chi connectivity index (χ2n) is 10.1. The number of unbranched alkanes of at least 4 members (excludes halogenated alkanes) is 3. The van der Waals surface area contributed by atoms with E-state index in [1.165, 1.54) is 11.8 Å². The topological polar surface area (TPSA) is 114 Å². The highest BCUT2D eigenvalue weighted by molar-refractivity contribution is 7.18. The average Bonchev–Trinajstić information content (AvgIpc) is 3.59. The number of carbonyl (C=O) groups excluding carboxylic acids is 3. The van der Waals surface area contributed by atoms with Crippen molar-refractivity contribution in [3.63, 3.8) is 0 Å². The molecule has 1 aliphatic rings. The first-order chi connectivity index (χ1) is 19.7. The lowest BCUT2D eigenvalue weighted by molar-refractivity contribution is -0.132. The van der Waals surface area contributed by atoms with Crippen molar-refractivity contribution in [2.24, 2.45) is 0 Å². The highest BCUT2D eigenvalue weighted by Gasteiger charge is 2.48. The first kappa shape index (κ1) is 28.2. The van der Waals surface area contributed by atoms with Crippen LogP contribution in [0.15, 0.2) is 54.2 Å². The summed E-state index contributed by atoms with van der Waals surface area (Å²) in [5, 5.41) is 11.9. The first-order valence-corrected chi connectivity index (χ1v) is 14.5. The number of anilines is 1. The number of benzene rings is 1. The van der Waals surface area contributed by atoms with Gasteiger partial charge in [-0.15, -0.1) is 0 Å². The number of aliphatic hydroxyl groups is 1. The Bertz CT molecular complexity index is 1670. The average molecular weight is 573 g/mol. The van der Waals surface area contributed by atoms with Crippen LogP contribution in [-0.4, -0.2) is 43.6 Å². The highest BCUT2D eigenvalue weighted by Crippen LogP contribution is 2.44. The molecule has 1 aliphatic heterocycles. The van der Waals surface area contributed by atoms with E-state index in [2.05, 4.69) is 16.9 Å². The summed E-state index contributed by atoms with van der Waals surface area (Å²) in [7, 11) is 0. The van der Waals surface area contributed by atoms with Gasteiger partial charge in [-0.25, -0.2) is 9.97 Å². The van der Waals surface area contributed by atoms with E-state index in [1.54, 1.807) is 60.8 Å². The molecule has 5 rings (SSSR count). The van der Waals surface area contributed by atoms with Gasteiger partial charge in [-0.2, -0.15) is 0 Å². The lowest BCUT2D eigenvalue weighted by Crippen LogP contribution is -2.29. The number of ketones is 2. The molecular weight excluding hydrogens is 540 g/mol. The van der Waals surface area contributed by atoms with E-state index >= 15 is 0 Å². The van der Waals surface area contributed by atoms with Crippen LogP contribution in [0.25, 0.3) is 11.4 Å². The zero-order chi connectivity index (χ0) is 29.3. The van der Waals surface area contributed by atoms with Crippen LogP contribution in [0.1, 0.15) is 77.9 Å². The van der Waals surface area contributed by atoms with Gasteiger partial charge in [0, 0.05) is 13.1 Å². The quantitative estimate of drug-likeness (QED) is 0.0792. The molecule has 9 nitrogen and oxygen atoms in total. The number of rotatable bonds is 10. The van der Waals surface area contributed by atoms with Crippen LogP contribution >= 0.6 is 11.3 Å². The second kappa shape index (κ2) is 11.7. The summed E-state index contributed by atoms with van der Waals surface area (Å²) in [6, 6.07) is 11.6. The zero-order valence-corrected chi connectivity index (χ0v) is 24.3. The molecule has 0 radical (unpaired) electrons. The second-order valence-corrected chi connectivity index (χ2v) is 11.1. The molecule has 0 spiro atoms. The number of hydrogen-bond donors (Lipinski definition) is 1. The SMILES string of the molecule is CCCCCCOc1ccc(C2/C(=C(\O)c3c(C)nc4ccccn34)C(=O)C(=O)N2c2nc(C)c(C(C)=O)s2)cc1. The van der Waals surface area contributed by atoms with Crippen LogP contribution in [0.3, 0.4) is 0 Å². The molecule has 1 amide bonds. The van der Waals surface area contributed by atoms with Crippen molar-refractivity contribution in [1.29, 1.82) is 0 Å². The van der Waals surface area contributed by atoms with Gasteiger partial charge in [-0.05, 0) is 50.1 Å². The highest BCUT2D eigenvalue weighted by atomic mass is 32.1. The number of aliphatic hydroxyl groups excluding tert-OH is 1. The largest absolute Gasteiger partial charge is 0.505 e. The predicted octanol–water partition coefficient (Wildman–Crippen LogP) is 6.20. The smallest absolute Gasteiger partial charge is 0.301 e. The van der Waals surface area contributed by atoms with Gasteiger partial charge < -0.3 is 9.84 Å². The number of aryl methyl sites for hydroxylation is 2. The predicted molar refractivity (Wildman–Crippen MR) is 158 cm³/mol. The van der Waals surface area contributed by atoms with Gasteiger partial charge in [-0.1, -0.05) is 55.7 Å². The maximum absolute atomic E-state index is 13.6. The molecule has 4 heterocycles. The van der Waals surface area contributed by atoms with Crippen molar-refractivity contribution >= 4 is 45.3 Å². The van der Waals surface area contributed by atoms with E-state index in [9.17, 15) is 19.5 Å². The molecule has 3 aromatic heterocycles. The lowest BCUT2D eigenvalue weighted by atomic mass is 9.96. The third-order valence-electron chi connectivity index (χ3n) is 7.15. The summed E-state index contributed by atoms with van der Waals surface area (Å²) in [4.78, 5) is 50.1. The number of amides is 1. The molecular formula is C31H32N4O5S. The Kier molecular flexibility index (Phi) is 8.03. The summed E-state index contributed by atoms with van der Waals surface area (Å²) in [5.41, 5.74) is 2.42. The Labute approximate surface area is 242 Å². The molecule has 0 aliphatic carbocycles. The summed E-state index contributed by atoms with van der Waals surface area (Å²) < 4.78 is 7.58. The number of carbonyl (C=O) groups is 3. The summed E-state index contributed by atoms with van der Waals surface area (Å²) >= 11 is 1.05. The number of nitrogens with zero attached hydrogens (tertiary/aromatic N) is 4. The van der Waals surface area contributed by atoms with Crippen LogP contribution in [-0.2, 0) is 9.59 Å². The summed E-state index contributed by atoms with van der Waals surface area (Å²) in [6.07, 6.45) is 6.10. The Morgan fingerprint density at radius 2 is 1.78 bits per heavy atom. The van der Waals surface area contributed by atoms with Crippen molar-refractivity contribution in [3.05, 3.63) is 81.8 Å². The Hall–Kier alpha value is -4.31. The lowest BCUT2D eigenvalue weighted by Gasteiger charge is -2.23. The molecule has 1 N–H and O–H groups in total. The number of imidazole rings is 1. The maximum Gasteiger partial charge on any atom is 0.301 e. The van der Waals surface area contributed by atoms with E-state index in [-0.39, 0.29) is 22.2 Å².